The summed E-state index contributed by atoms with van der Waals surface area (Å²) < 4.78 is 100.0. The molecule has 0 saturated heterocycles. The number of amides is 1. The van der Waals surface area contributed by atoms with Gasteiger partial charge in [0.25, 0.3) is 11.8 Å². The van der Waals surface area contributed by atoms with Gasteiger partial charge in [-0.1, -0.05) is 51.3 Å². The van der Waals surface area contributed by atoms with E-state index in [2.05, 4.69) is 34.9 Å². The lowest BCUT2D eigenvalue weighted by Gasteiger charge is -2.31. The number of carbonyl (C=O) groups excluding carboxylic acids is 1. The summed E-state index contributed by atoms with van der Waals surface area (Å²) in [5.74, 6) is -4.33. The Morgan fingerprint density at radius 1 is 1.07 bits per heavy atom. The van der Waals surface area contributed by atoms with Gasteiger partial charge in [0.05, 0.1) is 17.9 Å². The zero-order valence-corrected chi connectivity index (χ0v) is 24.5. The van der Waals surface area contributed by atoms with Crippen molar-refractivity contribution in [3.05, 3.63) is 72.8 Å². The Labute approximate surface area is 249 Å². The number of nitrogens with zero attached hydrogens (tertiary/aromatic N) is 3. The maximum Gasteiger partial charge on any atom is 0.426 e. The number of nitrogens with one attached hydrogen (secondary N) is 1. The van der Waals surface area contributed by atoms with Crippen LogP contribution in [0.25, 0.3) is 11.6 Å². The summed E-state index contributed by atoms with van der Waals surface area (Å²) in [5.41, 5.74) is -9.33. The molecule has 2 aromatic rings. The molecule has 0 saturated carbocycles. The van der Waals surface area contributed by atoms with Crippen LogP contribution in [0.4, 0.5) is 36.8 Å². The minimum Gasteiger partial charge on any atom is -0.476 e. The second kappa shape index (κ2) is 14.8. The highest BCUT2D eigenvalue weighted by atomic mass is 19.4. The van der Waals surface area contributed by atoms with E-state index in [-0.39, 0.29) is 11.6 Å². The van der Waals surface area contributed by atoms with Crippen LogP contribution in [0.5, 0.6) is 0 Å². The second-order valence-electron chi connectivity index (χ2n) is 9.41. The zero-order valence-electron chi connectivity index (χ0n) is 24.5. The molecule has 2 aromatic heterocycles. The van der Waals surface area contributed by atoms with Crippen LogP contribution in [0.3, 0.4) is 0 Å². The first-order chi connectivity index (χ1) is 20.3. The zero-order chi connectivity index (χ0) is 34.1. The Morgan fingerprint density at radius 2 is 1.68 bits per heavy atom. The number of allylic oxidation sites excluding steroid dienone is 2. The van der Waals surface area contributed by atoms with E-state index in [0.29, 0.717) is 0 Å². The molecule has 0 bridgehead atoms. The monoisotopic (exact) mass is 634 g/mol. The van der Waals surface area contributed by atoms with Gasteiger partial charge in [0.2, 0.25) is 5.60 Å². The third-order valence-electron chi connectivity index (χ3n) is 5.11. The standard InChI is InChI=1S/C26H26F6N4O6.C2H6/c1-7-10-14(9-3)13-40-24(11-8-2,26(30,31)32)21-36-35-19(41-21)18-16(33-22(39)42-23(4,5)6)12-15(25(27,28)29)17(34-18)20(37)38;1-2/h7-10,12H,1-3,11,13H2,4-6H3,(H,33,39)(H,37,38);1-2H3/b14-10+;. The van der Waals surface area contributed by atoms with E-state index >= 15 is 0 Å². The molecule has 0 fully saturated rings. The van der Waals surface area contributed by atoms with Crippen molar-refractivity contribution in [1.29, 1.82) is 0 Å². The summed E-state index contributed by atoms with van der Waals surface area (Å²) in [5, 5.41) is 18.2. The first-order valence-corrected chi connectivity index (χ1v) is 12.7. The van der Waals surface area contributed by atoms with E-state index in [1.54, 1.807) is 0 Å². The maximum absolute atomic E-state index is 14.5. The average Bonchev–Trinajstić information content (AvgIpc) is 3.39. The van der Waals surface area contributed by atoms with Gasteiger partial charge in [0.15, 0.2) is 11.4 Å². The molecular formula is C28H32F6N4O6. The lowest BCUT2D eigenvalue weighted by molar-refractivity contribution is -0.289. The van der Waals surface area contributed by atoms with E-state index in [4.69, 9.17) is 13.9 Å². The first kappa shape index (κ1) is 37.6. The number of aromatic carboxylic acids is 1. The largest absolute Gasteiger partial charge is 0.476 e. The van der Waals surface area contributed by atoms with Crippen molar-refractivity contribution in [2.75, 3.05) is 11.9 Å². The van der Waals surface area contributed by atoms with E-state index in [9.17, 15) is 41.0 Å². The van der Waals surface area contributed by atoms with Crippen molar-refractivity contribution >= 4 is 17.7 Å². The Balaban J connectivity index is 0.00000474. The first-order valence-electron chi connectivity index (χ1n) is 12.7. The molecule has 1 unspecified atom stereocenters. The third-order valence-corrected chi connectivity index (χ3v) is 5.11. The molecule has 0 spiro atoms. The van der Waals surface area contributed by atoms with Gasteiger partial charge in [-0.3, -0.25) is 5.32 Å². The molecule has 1 atom stereocenters. The van der Waals surface area contributed by atoms with Gasteiger partial charge in [-0.05, 0) is 32.4 Å². The van der Waals surface area contributed by atoms with Crippen molar-refractivity contribution < 1.29 is 54.9 Å². The number of rotatable bonds is 11. The van der Waals surface area contributed by atoms with E-state index in [1.165, 1.54) is 39.0 Å². The molecule has 44 heavy (non-hydrogen) atoms. The molecule has 242 valence electrons. The molecule has 0 aliphatic carbocycles. The number of ether oxygens (including phenoxy) is 2. The van der Waals surface area contributed by atoms with E-state index in [1.807, 2.05) is 19.2 Å². The lowest BCUT2D eigenvalue weighted by Crippen LogP contribution is -2.45. The van der Waals surface area contributed by atoms with Crippen LogP contribution in [0.15, 0.2) is 60.1 Å². The minimum atomic E-state index is -5.27. The van der Waals surface area contributed by atoms with Crippen molar-refractivity contribution in [2.24, 2.45) is 0 Å². The number of hydrogen-bond donors (Lipinski definition) is 2. The smallest absolute Gasteiger partial charge is 0.426 e. The van der Waals surface area contributed by atoms with E-state index < -0.39 is 83.1 Å². The Kier molecular flexibility index (Phi) is 12.6. The van der Waals surface area contributed by atoms with Gasteiger partial charge in [-0.25, -0.2) is 14.6 Å². The molecular weight excluding hydrogens is 602 g/mol. The Bertz CT molecular complexity index is 1390. The van der Waals surface area contributed by atoms with Crippen molar-refractivity contribution in [2.45, 2.75) is 64.6 Å². The van der Waals surface area contributed by atoms with Gasteiger partial charge >= 0.3 is 24.4 Å². The van der Waals surface area contributed by atoms with Crippen LogP contribution >= 0.6 is 0 Å². The fourth-order valence-corrected chi connectivity index (χ4v) is 3.31. The van der Waals surface area contributed by atoms with Gasteiger partial charge in [0, 0.05) is 6.42 Å². The average molecular weight is 635 g/mol. The highest BCUT2D eigenvalue weighted by molar-refractivity contribution is 5.93. The predicted molar refractivity (Wildman–Crippen MR) is 148 cm³/mol. The quantitative estimate of drug-likeness (QED) is 0.144. The second-order valence-corrected chi connectivity index (χ2v) is 9.41. The van der Waals surface area contributed by atoms with Crippen LogP contribution in [-0.2, 0) is 21.3 Å². The normalized spacial score (nSPS) is 13.6. The molecule has 0 aliphatic rings. The van der Waals surface area contributed by atoms with Crippen LogP contribution in [0, 0.1) is 0 Å². The summed E-state index contributed by atoms with van der Waals surface area (Å²) in [7, 11) is 0. The molecule has 0 aromatic carbocycles. The molecule has 16 heteroatoms. The lowest BCUT2D eigenvalue weighted by atomic mass is 9.98. The Morgan fingerprint density at radius 3 is 2.14 bits per heavy atom. The SMILES string of the molecule is C=C/C=C(\C=C)COC(CC=C)(c1nnc(-c2nc(C(=O)O)c(C(F)(F)F)cc2NC(=O)OC(C)(C)C)o1)C(F)(F)F.CC. The summed E-state index contributed by atoms with van der Waals surface area (Å²) in [6, 6.07) is 0.202. The van der Waals surface area contributed by atoms with Crippen molar-refractivity contribution in [1.82, 2.24) is 15.2 Å². The highest BCUT2D eigenvalue weighted by Crippen LogP contribution is 2.46. The fraction of sp³-hybridized carbons (Fsp3) is 0.393. The van der Waals surface area contributed by atoms with Gasteiger partial charge in [-0.2, -0.15) is 26.3 Å². The number of hydrogen-bond acceptors (Lipinski definition) is 8. The van der Waals surface area contributed by atoms with Crippen molar-refractivity contribution in [3.63, 3.8) is 0 Å². The number of anilines is 1. The summed E-state index contributed by atoms with van der Waals surface area (Å²) in [6.07, 6.45) is -8.07. The number of alkyl halides is 6. The summed E-state index contributed by atoms with van der Waals surface area (Å²) in [4.78, 5) is 27.4. The molecule has 1 amide bonds. The number of carboxylic acid groups (broad SMARTS) is 1. The van der Waals surface area contributed by atoms with Gasteiger partial charge in [0.1, 0.15) is 5.60 Å². The number of carbonyl (C=O) groups is 2. The van der Waals surface area contributed by atoms with Gasteiger partial charge < -0.3 is 19.0 Å². The number of aromatic nitrogens is 3. The van der Waals surface area contributed by atoms with E-state index in [0.717, 1.165) is 6.08 Å². The van der Waals surface area contributed by atoms with Crippen LogP contribution in [-0.4, -0.2) is 50.7 Å². The maximum atomic E-state index is 14.5. The van der Waals surface area contributed by atoms with Crippen LogP contribution in [0.1, 0.15) is 63.0 Å². The third kappa shape index (κ3) is 9.26. The number of halogens is 6. The molecule has 0 aliphatic heterocycles. The molecule has 2 N–H and O–H groups in total. The van der Waals surface area contributed by atoms with Gasteiger partial charge in [-0.15, -0.1) is 16.8 Å². The topological polar surface area (TPSA) is 137 Å². The fourth-order valence-electron chi connectivity index (χ4n) is 3.31. The summed E-state index contributed by atoms with van der Waals surface area (Å²) in [6.45, 7) is 17.9. The molecule has 0 radical (unpaired) electrons. The highest BCUT2D eigenvalue weighted by Gasteiger charge is 2.61. The molecule has 10 nitrogen and oxygen atoms in total. The number of pyridine rings is 1. The molecule has 2 heterocycles. The predicted octanol–water partition coefficient (Wildman–Crippen LogP) is 7.87. The van der Waals surface area contributed by atoms with Crippen LogP contribution in [0.2, 0.25) is 0 Å². The summed E-state index contributed by atoms with van der Waals surface area (Å²) >= 11 is 0. The minimum absolute atomic E-state index is 0.182. The van der Waals surface area contributed by atoms with Crippen LogP contribution < -0.4 is 5.32 Å². The molecule has 2 rings (SSSR count). The Hall–Kier alpha value is -4.47. The number of carboxylic acids is 1. The van der Waals surface area contributed by atoms with Crippen molar-refractivity contribution in [3.8, 4) is 11.6 Å².